The Kier molecular flexibility index (Phi) is 3.08. The first-order valence-electron chi connectivity index (χ1n) is 6.04. The van der Waals surface area contributed by atoms with Gasteiger partial charge >= 0.3 is 6.18 Å². The Labute approximate surface area is 120 Å². The van der Waals surface area contributed by atoms with Crippen LogP contribution in [0.4, 0.5) is 13.2 Å². The Balaban J connectivity index is 2.34. The van der Waals surface area contributed by atoms with Crippen molar-refractivity contribution in [2.75, 3.05) is 0 Å². The number of rotatable bonds is 2. The van der Waals surface area contributed by atoms with Crippen LogP contribution < -0.4 is 5.56 Å². The van der Waals surface area contributed by atoms with Crippen LogP contribution in [0.2, 0.25) is 0 Å². The van der Waals surface area contributed by atoms with Crippen LogP contribution in [-0.4, -0.2) is 25.3 Å². The number of hydrogen-bond acceptors (Lipinski definition) is 3. The predicted octanol–water partition coefficient (Wildman–Crippen LogP) is 2.66. The number of aryl methyl sites for hydroxylation is 1. The van der Waals surface area contributed by atoms with Gasteiger partial charge < -0.3 is 0 Å². The highest BCUT2D eigenvalue weighted by molar-refractivity contribution is 7.71. The molecule has 0 aliphatic carbocycles. The first kappa shape index (κ1) is 13.8. The molecule has 21 heavy (non-hydrogen) atoms. The van der Waals surface area contributed by atoms with Gasteiger partial charge in [0.25, 0.3) is 5.56 Å². The third-order valence-corrected chi connectivity index (χ3v) is 3.41. The molecule has 1 aromatic carbocycles. The highest BCUT2D eigenvalue weighted by Gasteiger charge is 2.27. The second-order valence-corrected chi connectivity index (χ2v) is 4.89. The number of hydrogen-bond donors (Lipinski definition) is 1. The van der Waals surface area contributed by atoms with Gasteiger partial charge in [0.15, 0.2) is 0 Å². The van der Waals surface area contributed by atoms with Crippen molar-refractivity contribution in [1.29, 1.82) is 0 Å². The lowest BCUT2D eigenvalue weighted by atomic mass is 10.2. The zero-order valence-corrected chi connectivity index (χ0v) is 11.3. The zero-order valence-electron chi connectivity index (χ0n) is 10.5. The summed E-state index contributed by atoms with van der Waals surface area (Å²) >= 11 is 5.08. The number of nitrogens with zero attached hydrogens (tertiary/aromatic N) is 3. The number of halogens is 3. The molecule has 2 aromatic heterocycles. The molecule has 2 heterocycles. The minimum atomic E-state index is -4.35. The van der Waals surface area contributed by atoms with Crippen LogP contribution in [0.5, 0.6) is 0 Å². The Bertz CT molecular complexity index is 937. The van der Waals surface area contributed by atoms with Gasteiger partial charge in [0.05, 0.1) is 17.3 Å². The van der Waals surface area contributed by atoms with Crippen molar-refractivity contribution >= 4 is 28.9 Å². The molecule has 0 fully saturated rings. The smallest absolute Gasteiger partial charge is 0.276 e. The van der Waals surface area contributed by atoms with Crippen molar-refractivity contribution in [3.63, 3.8) is 0 Å². The molecule has 3 rings (SSSR count). The summed E-state index contributed by atoms with van der Waals surface area (Å²) in [6, 6.07) is 6.59. The topological polar surface area (TPSA) is 55.1 Å². The van der Waals surface area contributed by atoms with E-state index < -0.39 is 24.7 Å². The van der Waals surface area contributed by atoms with Gasteiger partial charge in [-0.05, 0) is 24.4 Å². The van der Waals surface area contributed by atoms with Gasteiger partial charge in [-0.3, -0.25) is 13.8 Å². The molecule has 0 aliphatic heterocycles. The molecule has 0 atom stereocenters. The third kappa shape index (κ3) is 2.33. The van der Waals surface area contributed by atoms with E-state index in [1.165, 1.54) is 4.40 Å². The van der Waals surface area contributed by atoms with Crippen molar-refractivity contribution in [3.8, 4) is 0 Å². The predicted molar refractivity (Wildman–Crippen MR) is 72.8 cm³/mol. The minimum Gasteiger partial charge on any atom is -0.276 e. The average Bonchev–Trinajstić information content (AvgIpc) is 2.80. The first-order chi connectivity index (χ1) is 9.88. The molecule has 9 heteroatoms. The maximum Gasteiger partial charge on any atom is 0.390 e. The summed E-state index contributed by atoms with van der Waals surface area (Å²) in [5.74, 6) is 0.0768. The Morgan fingerprint density at radius 1 is 1.29 bits per heavy atom. The number of fused-ring (bicyclic) bond motifs is 3. The van der Waals surface area contributed by atoms with Crippen LogP contribution in [0, 0.1) is 4.77 Å². The van der Waals surface area contributed by atoms with Gasteiger partial charge in [-0.2, -0.15) is 13.2 Å². The van der Waals surface area contributed by atoms with E-state index in [4.69, 9.17) is 12.2 Å². The summed E-state index contributed by atoms with van der Waals surface area (Å²) in [7, 11) is 0. The van der Waals surface area contributed by atoms with Crippen LogP contribution in [0.1, 0.15) is 6.42 Å². The first-order valence-corrected chi connectivity index (χ1v) is 6.45. The van der Waals surface area contributed by atoms with Crippen molar-refractivity contribution in [1.82, 2.24) is 19.2 Å². The lowest BCUT2D eigenvalue weighted by Gasteiger charge is -2.11. The maximum atomic E-state index is 12.4. The fourth-order valence-corrected chi connectivity index (χ4v) is 2.44. The van der Waals surface area contributed by atoms with Gasteiger partial charge in [0.1, 0.15) is 0 Å². The summed E-state index contributed by atoms with van der Waals surface area (Å²) in [5, 5.41) is 6.68. The van der Waals surface area contributed by atoms with E-state index in [9.17, 15) is 18.0 Å². The van der Waals surface area contributed by atoms with E-state index in [2.05, 4.69) is 10.2 Å². The lowest BCUT2D eigenvalue weighted by molar-refractivity contribution is -0.136. The number of para-hydroxylation sites is 1. The highest BCUT2D eigenvalue weighted by atomic mass is 32.1. The van der Waals surface area contributed by atoms with Gasteiger partial charge in [-0.25, -0.2) is 5.10 Å². The molecule has 0 aliphatic rings. The molecule has 0 unspecified atom stereocenters. The van der Waals surface area contributed by atoms with Crippen molar-refractivity contribution < 1.29 is 13.2 Å². The van der Waals surface area contributed by atoms with Gasteiger partial charge in [0, 0.05) is 6.54 Å². The number of aromatic nitrogens is 4. The molecule has 0 amide bonds. The number of aromatic amines is 1. The summed E-state index contributed by atoms with van der Waals surface area (Å²) in [4.78, 5) is 12.4. The molecule has 110 valence electrons. The standard InChI is InChI=1S/C12H9F3N4OS/c13-12(14,15)5-6-18-9(20)7-3-1-2-4-8(7)19-10(18)16-17-11(19)21/h1-4H,5-6H2,(H,17,21). The second-order valence-electron chi connectivity index (χ2n) is 4.50. The molecule has 0 saturated carbocycles. The van der Waals surface area contributed by atoms with Gasteiger partial charge in [-0.1, -0.05) is 12.1 Å². The molecular formula is C12H9F3N4OS. The molecule has 3 aromatic rings. The van der Waals surface area contributed by atoms with E-state index in [0.29, 0.717) is 10.9 Å². The number of benzene rings is 1. The fraction of sp³-hybridized carbons (Fsp3) is 0.250. The minimum absolute atomic E-state index is 0.0768. The van der Waals surface area contributed by atoms with Gasteiger partial charge in [0.2, 0.25) is 10.5 Å². The summed E-state index contributed by atoms with van der Waals surface area (Å²) in [5.41, 5.74) is -0.00383. The average molecular weight is 314 g/mol. The normalized spacial score (nSPS) is 12.3. The molecule has 1 N–H and O–H groups in total. The zero-order chi connectivity index (χ0) is 15.2. The molecule has 0 saturated heterocycles. The number of alkyl halides is 3. The molecular weight excluding hydrogens is 305 g/mol. The molecule has 0 spiro atoms. The largest absolute Gasteiger partial charge is 0.390 e. The van der Waals surface area contributed by atoms with Crippen molar-refractivity contribution in [2.24, 2.45) is 0 Å². The highest BCUT2D eigenvalue weighted by Crippen LogP contribution is 2.21. The van der Waals surface area contributed by atoms with Crippen LogP contribution in [0.15, 0.2) is 29.1 Å². The Morgan fingerprint density at radius 2 is 2.00 bits per heavy atom. The SMILES string of the molecule is O=c1c2ccccc2n2c(=S)[nH]nc2n1CCC(F)(F)F. The summed E-state index contributed by atoms with van der Waals surface area (Å²) in [6.45, 7) is -0.504. The summed E-state index contributed by atoms with van der Waals surface area (Å²) < 4.78 is 39.9. The number of nitrogens with one attached hydrogen (secondary N) is 1. The van der Waals surface area contributed by atoms with E-state index in [1.807, 2.05) is 0 Å². The second kappa shape index (κ2) is 4.69. The van der Waals surface area contributed by atoms with Gasteiger partial charge in [-0.15, -0.1) is 5.10 Å². The van der Waals surface area contributed by atoms with Crippen molar-refractivity contribution in [2.45, 2.75) is 19.1 Å². The van der Waals surface area contributed by atoms with Crippen LogP contribution in [0.3, 0.4) is 0 Å². The molecule has 0 radical (unpaired) electrons. The van der Waals surface area contributed by atoms with Crippen LogP contribution in [0.25, 0.3) is 16.7 Å². The molecule has 0 bridgehead atoms. The van der Waals surface area contributed by atoms with E-state index >= 15 is 0 Å². The number of H-pyrrole nitrogens is 1. The quantitative estimate of drug-likeness (QED) is 0.740. The van der Waals surface area contributed by atoms with Crippen LogP contribution >= 0.6 is 12.2 Å². The lowest BCUT2D eigenvalue weighted by Crippen LogP contribution is -2.25. The Morgan fingerprint density at radius 3 is 2.71 bits per heavy atom. The summed E-state index contributed by atoms with van der Waals surface area (Å²) in [6.07, 6.45) is -5.46. The Hall–Kier alpha value is -2.16. The third-order valence-electron chi connectivity index (χ3n) is 3.14. The fourth-order valence-electron chi connectivity index (χ4n) is 2.21. The van der Waals surface area contributed by atoms with E-state index in [1.54, 1.807) is 24.3 Å². The van der Waals surface area contributed by atoms with E-state index in [-0.39, 0.29) is 10.5 Å². The molecule has 5 nitrogen and oxygen atoms in total. The monoisotopic (exact) mass is 314 g/mol. The van der Waals surface area contributed by atoms with E-state index in [0.717, 1.165) is 4.57 Å². The van der Waals surface area contributed by atoms with Crippen LogP contribution in [-0.2, 0) is 6.54 Å². The maximum absolute atomic E-state index is 12.4. The van der Waals surface area contributed by atoms with Crippen molar-refractivity contribution in [3.05, 3.63) is 39.4 Å².